The van der Waals surface area contributed by atoms with Crippen LogP contribution in [0.3, 0.4) is 0 Å². The van der Waals surface area contributed by atoms with Crippen molar-refractivity contribution in [3.63, 3.8) is 0 Å². The topological polar surface area (TPSA) is 122 Å². The van der Waals surface area contributed by atoms with E-state index in [0.717, 1.165) is 21.8 Å². The van der Waals surface area contributed by atoms with E-state index in [1.807, 2.05) is 54.6 Å². The van der Waals surface area contributed by atoms with Crippen LogP contribution in [0.1, 0.15) is 6.92 Å². The van der Waals surface area contributed by atoms with Crippen LogP contribution in [0.25, 0.3) is 21.8 Å². The van der Waals surface area contributed by atoms with Gasteiger partial charge in [-0.15, -0.1) is 0 Å². The molecule has 0 fully saturated rings. The second-order valence-electron chi connectivity index (χ2n) is 7.64. The first-order valence-corrected chi connectivity index (χ1v) is 12.3. The minimum Gasteiger partial charge on any atom is -0.493 e. The minimum atomic E-state index is -4.73. The number of ether oxygens (including phenoxy) is 3. The van der Waals surface area contributed by atoms with Gasteiger partial charge in [-0.1, -0.05) is 36.4 Å². The van der Waals surface area contributed by atoms with Crippen LogP contribution in [-0.4, -0.2) is 47.4 Å². The molecule has 0 saturated carbocycles. The van der Waals surface area contributed by atoms with Gasteiger partial charge in [-0.2, -0.15) is 0 Å². The van der Waals surface area contributed by atoms with E-state index in [0.29, 0.717) is 23.8 Å². The summed E-state index contributed by atoms with van der Waals surface area (Å²) in [5, 5.41) is 4.99. The van der Waals surface area contributed by atoms with Crippen molar-refractivity contribution in [1.82, 2.24) is 10.3 Å². The van der Waals surface area contributed by atoms with Crippen molar-refractivity contribution in [2.24, 2.45) is 0 Å². The number of aromatic amines is 1. The molecule has 10 heteroatoms. The molecule has 0 aliphatic carbocycles. The molecule has 0 unspecified atom stereocenters. The number of phosphoric acid groups is 1. The summed E-state index contributed by atoms with van der Waals surface area (Å²) in [5.74, 6) is 1.76. The number of aromatic nitrogens is 1. The lowest BCUT2D eigenvalue weighted by Gasteiger charge is -2.26. The summed E-state index contributed by atoms with van der Waals surface area (Å²) < 4.78 is 33.7. The number of fused-ring (bicyclic) bond motifs is 3. The van der Waals surface area contributed by atoms with E-state index in [2.05, 4.69) is 10.3 Å². The molecule has 0 aliphatic heterocycles. The van der Waals surface area contributed by atoms with E-state index in [1.54, 1.807) is 19.2 Å². The summed E-state index contributed by atoms with van der Waals surface area (Å²) >= 11 is 0. The first kappa shape index (κ1) is 24.1. The Kier molecular flexibility index (Phi) is 7.41. The van der Waals surface area contributed by atoms with Gasteiger partial charge in [0.25, 0.3) is 0 Å². The Bertz CT molecular complexity index is 1300. The molecule has 0 amide bonds. The molecule has 1 aromatic heterocycles. The maximum atomic E-state index is 11.5. The summed E-state index contributed by atoms with van der Waals surface area (Å²) in [6.45, 7) is 2.12. The number of nitrogens with one attached hydrogen (secondary N) is 2. The molecule has 0 bridgehead atoms. The zero-order chi connectivity index (χ0) is 24.1. The fourth-order valence-corrected chi connectivity index (χ4v) is 4.32. The van der Waals surface area contributed by atoms with Gasteiger partial charge >= 0.3 is 7.82 Å². The smallest absolute Gasteiger partial charge is 0.470 e. The van der Waals surface area contributed by atoms with E-state index in [1.165, 1.54) is 6.92 Å². The van der Waals surface area contributed by atoms with E-state index in [-0.39, 0.29) is 6.61 Å². The van der Waals surface area contributed by atoms with Crippen molar-refractivity contribution < 1.29 is 33.1 Å². The van der Waals surface area contributed by atoms with E-state index < -0.39 is 20.2 Å². The van der Waals surface area contributed by atoms with Gasteiger partial charge in [0.05, 0.1) is 12.6 Å². The van der Waals surface area contributed by atoms with Crippen molar-refractivity contribution in [2.75, 3.05) is 20.3 Å². The Morgan fingerprint density at radius 1 is 0.941 bits per heavy atom. The average Bonchev–Trinajstić information content (AvgIpc) is 3.19. The zero-order valence-electron chi connectivity index (χ0n) is 18.8. The van der Waals surface area contributed by atoms with Gasteiger partial charge in [0.15, 0.2) is 17.7 Å². The first-order valence-electron chi connectivity index (χ1n) is 10.7. The second-order valence-corrected chi connectivity index (χ2v) is 8.83. The van der Waals surface area contributed by atoms with Gasteiger partial charge < -0.3 is 29.0 Å². The highest BCUT2D eigenvalue weighted by atomic mass is 31.2. The van der Waals surface area contributed by atoms with Crippen molar-refractivity contribution >= 4 is 29.6 Å². The van der Waals surface area contributed by atoms with Crippen LogP contribution >= 0.6 is 7.82 Å². The number of hydrogen-bond donors (Lipinski definition) is 4. The Morgan fingerprint density at radius 3 is 2.38 bits per heavy atom. The molecule has 1 heterocycles. The largest absolute Gasteiger partial charge is 0.493 e. The van der Waals surface area contributed by atoms with E-state index in [4.69, 9.17) is 18.7 Å². The number of phosphoric ester groups is 1. The summed E-state index contributed by atoms with van der Waals surface area (Å²) in [6, 6.07) is 20.7. The Hall–Kier alpha value is -3.07. The quantitative estimate of drug-likeness (QED) is 0.141. The first-order chi connectivity index (χ1) is 16.4. The molecule has 0 spiro atoms. The standard InChI is InChI=1S/C24H27N2O7P/c1-16(33-34(27,28)29)24(25-14-15-31-21-12-6-5-11-20(21)30-2)32-22-13-7-10-19-23(22)17-8-3-4-9-18(17)26-19/h3-13,16,24-26H,14-15H2,1-2H3,(H2,27,28,29)/t16-,24+/m1/s1. The van der Waals surface area contributed by atoms with Gasteiger partial charge in [0.1, 0.15) is 18.5 Å². The maximum Gasteiger partial charge on any atom is 0.470 e. The monoisotopic (exact) mass is 486 g/mol. The van der Waals surface area contributed by atoms with E-state index in [9.17, 15) is 14.4 Å². The van der Waals surface area contributed by atoms with Crippen molar-refractivity contribution in [3.05, 3.63) is 66.7 Å². The minimum absolute atomic E-state index is 0.264. The van der Waals surface area contributed by atoms with Crippen LogP contribution in [0.2, 0.25) is 0 Å². The predicted octanol–water partition coefficient (Wildman–Crippen LogP) is 4.20. The molecule has 2 atom stereocenters. The molecule has 0 aliphatic rings. The lowest BCUT2D eigenvalue weighted by atomic mass is 10.1. The Morgan fingerprint density at radius 2 is 1.62 bits per heavy atom. The maximum absolute atomic E-state index is 11.5. The highest BCUT2D eigenvalue weighted by molar-refractivity contribution is 7.46. The third-order valence-electron chi connectivity index (χ3n) is 5.25. The predicted molar refractivity (Wildman–Crippen MR) is 129 cm³/mol. The number of methoxy groups -OCH3 is 1. The lowest BCUT2D eigenvalue weighted by molar-refractivity contribution is 0.0230. The van der Waals surface area contributed by atoms with Crippen LogP contribution < -0.4 is 19.5 Å². The normalized spacial score (nSPS) is 13.6. The third-order valence-corrected chi connectivity index (χ3v) is 5.86. The number of hydrogen-bond acceptors (Lipinski definition) is 6. The number of benzene rings is 3. The molecule has 4 N–H and O–H groups in total. The van der Waals surface area contributed by atoms with Crippen LogP contribution in [-0.2, 0) is 9.09 Å². The molecule has 34 heavy (non-hydrogen) atoms. The highest BCUT2D eigenvalue weighted by Crippen LogP contribution is 2.39. The third kappa shape index (κ3) is 5.70. The number of rotatable bonds is 11. The fraction of sp³-hybridized carbons (Fsp3) is 0.250. The molecular formula is C24H27N2O7P. The lowest BCUT2D eigenvalue weighted by Crippen LogP contribution is -2.45. The van der Waals surface area contributed by atoms with Crippen LogP contribution in [0.5, 0.6) is 17.2 Å². The summed E-state index contributed by atoms with van der Waals surface area (Å²) in [6.07, 6.45) is -1.83. The van der Waals surface area contributed by atoms with Gasteiger partial charge in [0, 0.05) is 22.8 Å². The summed E-state index contributed by atoms with van der Waals surface area (Å²) in [7, 11) is -3.16. The fourth-order valence-electron chi connectivity index (χ4n) is 3.78. The number of para-hydroxylation sites is 3. The average molecular weight is 486 g/mol. The van der Waals surface area contributed by atoms with Crippen molar-refractivity contribution in [1.29, 1.82) is 0 Å². The molecule has 4 rings (SSSR count). The van der Waals surface area contributed by atoms with Crippen LogP contribution in [0.4, 0.5) is 0 Å². The molecule has 3 aromatic carbocycles. The van der Waals surface area contributed by atoms with Crippen molar-refractivity contribution in [3.8, 4) is 17.2 Å². The van der Waals surface area contributed by atoms with Crippen LogP contribution in [0.15, 0.2) is 66.7 Å². The zero-order valence-corrected chi connectivity index (χ0v) is 19.7. The summed E-state index contributed by atoms with van der Waals surface area (Å²) in [5.41, 5.74) is 1.85. The van der Waals surface area contributed by atoms with Crippen molar-refractivity contribution in [2.45, 2.75) is 19.3 Å². The molecule has 180 valence electrons. The molecule has 0 radical (unpaired) electrons. The Balaban J connectivity index is 1.53. The summed E-state index contributed by atoms with van der Waals surface area (Å²) in [4.78, 5) is 22.0. The Labute approximate surface area is 196 Å². The van der Waals surface area contributed by atoms with Crippen LogP contribution in [0, 0.1) is 0 Å². The molecule has 9 nitrogen and oxygen atoms in total. The SMILES string of the molecule is COc1ccccc1OCCN[C@@H](Oc1cccc2[nH]c3ccccc3c12)[C@@H](C)OP(=O)(O)O. The molecule has 0 saturated heterocycles. The second kappa shape index (κ2) is 10.5. The van der Waals surface area contributed by atoms with Gasteiger partial charge in [-0.25, -0.2) is 4.57 Å². The van der Waals surface area contributed by atoms with Gasteiger partial charge in [-0.05, 0) is 37.3 Å². The highest BCUT2D eigenvalue weighted by Gasteiger charge is 2.28. The van der Waals surface area contributed by atoms with Gasteiger partial charge in [0.2, 0.25) is 0 Å². The number of H-pyrrole nitrogens is 1. The molecular weight excluding hydrogens is 459 g/mol. The molecule has 4 aromatic rings. The van der Waals surface area contributed by atoms with E-state index >= 15 is 0 Å². The van der Waals surface area contributed by atoms with Gasteiger partial charge in [-0.3, -0.25) is 9.84 Å².